The first-order valence-electron chi connectivity index (χ1n) is 3.65. The van der Waals surface area contributed by atoms with E-state index >= 15 is 0 Å². The maximum atomic E-state index is 11.0. The van der Waals surface area contributed by atoms with E-state index in [2.05, 4.69) is 4.74 Å². The molecule has 0 aliphatic carbocycles. The summed E-state index contributed by atoms with van der Waals surface area (Å²) in [7, 11) is 1.38. The number of allylic oxidation sites excluding steroid dienone is 1. The van der Waals surface area contributed by atoms with Gasteiger partial charge in [0.15, 0.2) is 0 Å². The van der Waals surface area contributed by atoms with Gasteiger partial charge in [0, 0.05) is 6.42 Å². The van der Waals surface area contributed by atoms with E-state index in [0.717, 1.165) is 13.0 Å². The molecular weight excluding hydrogens is 144 g/mol. The maximum absolute atomic E-state index is 11.0. The van der Waals surface area contributed by atoms with Crippen molar-refractivity contribution in [2.45, 2.75) is 19.4 Å². The summed E-state index contributed by atoms with van der Waals surface area (Å²) < 4.78 is 9.71. The van der Waals surface area contributed by atoms with Crippen molar-refractivity contribution in [1.82, 2.24) is 0 Å². The van der Waals surface area contributed by atoms with Crippen LogP contribution in [0.2, 0.25) is 0 Å². The molecular formula is C8H12O3. The molecule has 3 nitrogen and oxygen atoms in total. The second kappa shape index (κ2) is 3.53. The molecule has 0 saturated carbocycles. The van der Waals surface area contributed by atoms with E-state index < -0.39 is 0 Å². The minimum Gasteiger partial charge on any atom is -0.466 e. The van der Waals surface area contributed by atoms with Gasteiger partial charge < -0.3 is 9.47 Å². The summed E-state index contributed by atoms with van der Waals surface area (Å²) in [6.45, 7) is 2.56. The molecule has 1 rings (SSSR count). The Hall–Kier alpha value is -0.830. The predicted molar refractivity (Wildman–Crippen MR) is 40.1 cm³/mol. The van der Waals surface area contributed by atoms with Crippen molar-refractivity contribution in [3.63, 3.8) is 0 Å². The fraction of sp³-hybridized carbons (Fsp3) is 0.625. The monoisotopic (exact) mass is 156 g/mol. The Morgan fingerprint density at radius 2 is 2.36 bits per heavy atom. The summed E-state index contributed by atoms with van der Waals surface area (Å²) in [5.74, 6) is -0.280. The highest BCUT2D eigenvalue weighted by Crippen LogP contribution is 2.20. The third-order valence-electron chi connectivity index (χ3n) is 1.78. The molecule has 0 N–H and O–H groups in total. The number of esters is 1. The van der Waals surface area contributed by atoms with Crippen LogP contribution < -0.4 is 0 Å². The first-order valence-corrected chi connectivity index (χ1v) is 3.65. The lowest BCUT2D eigenvalue weighted by molar-refractivity contribution is -0.139. The molecule has 0 spiro atoms. The summed E-state index contributed by atoms with van der Waals surface area (Å²) in [6.07, 6.45) is 2.65. The molecule has 0 aromatic carbocycles. The van der Waals surface area contributed by atoms with Crippen LogP contribution in [0.25, 0.3) is 0 Å². The van der Waals surface area contributed by atoms with Crippen LogP contribution in [-0.2, 0) is 14.3 Å². The van der Waals surface area contributed by atoms with Crippen molar-refractivity contribution in [2.24, 2.45) is 0 Å². The molecule has 0 aromatic heterocycles. The van der Waals surface area contributed by atoms with Crippen LogP contribution in [0.5, 0.6) is 0 Å². The molecule has 1 unspecified atom stereocenters. The first-order chi connectivity index (χ1) is 5.29. The van der Waals surface area contributed by atoms with Crippen molar-refractivity contribution in [3.8, 4) is 0 Å². The normalized spacial score (nSPS) is 24.2. The van der Waals surface area contributed by atoms with E-state index in [1.165, 1.54) is 7.11 Å². The Bertz CT molecular complexity index is 180. The molecule has 11 heavy (non-hydrogen) atoms. The third-order valence-corrected chi connectivity index (χ3v) is 1.78. The van der Waals surface area contributed by atoms with E-state index in [0.29, 0.717) is 5.57 Å². The minimum atomic E-state index is -0.280. The van der Waals surface area contributed by atoms with Crippen molar-refractivity contribution in [2.75, 3.05) is 13.7 Å². The fourth-order valence-corrected chi connectivity index (χ4v) is 1.03. The smallest absolute Gasteiger partial charge is 0.336 e. The van der Waals surface area contributed by atoms with Crippen molar-refractivity contribution < 1.29 is 14.3 Å². The number of hydrogen-bond donors (Lipinski definition) is 0. The number of carbonyl (C=O) groups is 1. The first kappa shape index (κ1) is 8.27. The standard InChI is InChI=1S/C8H12O3/c1-3-6(8(9)10-2)7-4-5-11-7/h3,7H,4-5H2,1-2H3. The summed E-state index contributed by atoms with van der Waals surface area (Å²) in [4.78, 5) is 11.0. The third kappa shape index (κ3) is 1.60. The Kier molecular flexibility index (Phi) is 2.65. The summed E-state index contributed by atoms with van der Waals surface area (Å²) in [6, 6.07) is 0. The minimum absolute atomic E-state index is 0.0209. The zero-order valence-corrected chi connectivity index (χ0v) is 6.79. The zero-order chi connectivity index (χ0) is 8.27. The second-order valence-corrected chi connectivity index (χ2v) is 2.38. The SMILES string of the molecule is CC=C(C(=O)OC)C1CCO1. The molecule has 3 heteroatoms. The number of carbonyl (C=O) groups excluding carboxylic acids is 1. The highest BCUT2D eigenvalue weighted by Gasteiger charge is 2.27. The van der Waals surface area contributed by atoms with Gasteiger partial charge in [-0.15, -0.1) is 0 Å². The van der Waals surface area contributed by atoms with Gasteiger partial charge in [0.05, 0.1) is 25.4 Å². The van der Waals surface area contributed by atoms with E-state index in [1.54, 1.807) is 6.08 Å². The maximum Gasteiger partial charge on any atom is 0.336 e. The zero-order valence-electron chi connectivity index (χ0n) is 6.79. The van der Waals surface area contributed by atoms with Crippen LogP contribution >= 0.6 is 0 Å². The van der Waals surface area contributed by atoms with Crippen LogP contribution in [0.3, 0.4) is 0 Å². The summed E-state index contributed by atoms with van der Waals surface area (Å²) in [5, 5.41) is 0. The Balaban J connectivity index is 2.56. The number of rotatable bonds is 2. The molecule has 1 aliphatic heterocycles. The Labute approximate surface area is 66.0 Å². The highest BCUT2D eigenvalue weighted by atomic mass is 16.5. The van der Waals surface area contributed by atoms with Gasteiger partial charge in [0.25, 0.3) is 0 Å². The number of methoxy groups -OCH3 is 1. The van der Waals surface area contributed by atoms with Crippen LogP contribution in [0.1, 0.15) is 13.3 Å². The second-order valence-electron chi connectivity index (χ2n) is 2.38. The molecule has 0 aromatic rings. The highest BCUT2D eigenvalue weighted by molar-refractivity contribution is 5.89. The molecule has 1 aliphatic rings. The van der Waals surface area contributed by atoms with Crippen molar-refractivity contribution in [1.29, 1.82) is 0 Å². The van der Waals surface area contributed by atoms with Gasteiger partial charge in [-0.2, -0.15) is 0 Å². The number of hydrogen-bond acceptors (Lipinski definition) is 3. The van der Waals surface area contributed by atoms with E-state index in [4.69, 9.17) is 4.74 Å². The van der Waals surface area contributed by atoms with Gasteiger partial charge in [-0.1, -0.05) is 6.08 Å². The van der Waals surface area contributed by atoms with Gasteiger partial charge in [-0.25, -0.2) is 4.79 Å². The van der Waals surface area contributed by atoms with Gasteiger partial charge in [-0.3, -0.25) is 0 Å². The van der Waals surface area contributed by atoms with Gasteiger partial charge in [0.2, 0.25) is 0 Å². The van der Waals surface area contributed by atoms with Crippen molar-refractivity contribution >= 4 is 5.97 Å². The van der Waals surface area contributed by atoms with Crippen LogP contribution in [-0.4, -0.2) is 25.8 Å². The average Bonchev–Trinajstić information content (AvgIpc) is 1.94. The molecule has 1 atom stereocenters. The lowest BCUT2D eigenvalue weighted by Crippen LogP contribution is -2.32. The van der Waals surface area contributed by atoms with Crippen molar-refractivity contribution in [3.05, 3.63) is 11.6 Å². The Morgan fingerprint density at radius 1 is 1.73 bits per heavy atom. The molecule has 1 saturated heterocycles. The molecule has 0 radical (unpaired) electrons. The van der Waals surface area contributed by atoms with Gasteiger partial charge in [-0.05, 0) is 6.92 Å². The molecule has 1 heterocycles. The largest absolute Gasteiger partial charge is 0.466 e. The van der Waals surface area contributed by atoms with E-state index in [-0.39, 0.29) is 12.1 Å². The average molecular weight is 156 g/mol. The fourth-order valence-electron chi connectivity index (χ4n) is 1.03. The lowest BCUT2D eigenvalue weighted by atomic mass is 10.0. The quantitative estimate of drug-likeness (QED) is 0.440. The van der Waals surface area contributed by atoms with Gasteiger partial charge >= 0.3 is 5.97 Å². The van der Waals surface area contributed by atoms with Crippen LogP contribution in [0.4, 0.5) is 0 Å². The molecule has 62 valence electrons. The summed E-state index contributed by atoms with van der Waals surface area (Å²) in [5.41, 5.74) is 0.638. The predicted octanol–water partition coefficient (Wildman–Crippen LogP) is 0.895. The topological polar surface area (TPSA) is 35.5 Å². The van der Waals surface area contributed by atoms with E-state index in [9.17, 15) is 4.79 Å². The van der Waals surface area contributed by atoms with Gasteiger partial charge in [0.1, 0.15) is 0 Å². The molecule has 0 bridgehead atoms. The Morgan fingerprint density at radius 3 is 2.64 bits per heavy atom. The summed E-state index contributed by atoms with van der Waals surface area (Å²) >= 11 is 0. The molecule has 1 fully saturated rings. The van der Waals surface area contributed by atoms with E-state index in [1.807, 2.05) is 6.92 Å². The molecule has 0 amide bonds. The lowest BCUT2D eigenvalue weighted by Gasteiger charge is -2.27. The number of ether oxygens (including phenoxy) is 2. The van der Waals surface area contributed by atoms with Crippen LogP contribution in [0, 0.1) is 0 Å². The van der Waals surface area contributed by atoms with Crippen LogP contribution in [0.15, 0.2) is 11.6 Å².